The van der Waals surface area contributed by atoms with Gasteiger partial charge in [0, 0.05) is 12.6 Å². The van der Waals surface area contributed by atoms with Crippen LogP contribution in [0.3, 0.4) is 0 Å². The maximum absolute atomic E-state index is 13.1. The second-order valence-electron chi connectivity index (χ2n) is 4.71. The van der Waals surface area contributed by atoms with E-state index < -0.39 is 11.7 Å². The van der Waals surface area contributed by atoms with Crippen LogP contribution in [0.1, 0.15) is 23.7 Å². The summed E-state index contributed by atoms with van der Waals surface area (Å²) in [5.74, 6) is -0.809. The number of carbonyl (C=O) groups is 1. The Morgan fingerprint density at radius 3 is 3.06 bits per heavy atom. The second kappa shape index (κ2) is 5.35. The minimum Gasteiger partial charge on any atom is -0.507 e. The fourth-order valence-electron chi connectivity index (χ4n) is 2.12. The molecule has 0 spiro atoms. The quantitative estimate of drug-likeness (QED) is 0.742. The molecule has 0 aliphatic carbocycles. The highest BCUT2D eigenvalue weighted by Crippen LogP contribution is 2.19. The number of benzene rings is 1. The first-order valence-electron chi connectivity index (χ1n) is 6.08. The highest BCUT2D eigenvalue weighted by Gasteiger charge is 2.24. The van der Waals surface area contributed by atoms with Crippen molar-refractivity contribution >= 4 is 5.91 Å². The monoisotopic (exact) mass is 252 g/mol. The van der Waals surface area contributed by atoms with E-state index in [1.165, 1.54) is 6.07 Å². The van der Waals surface area contributed by atoms with Crippen molar-refractivity contribution in [2.24, 2.45) is 5.92 Å². The van der Waals surface area contributed by atoms with Crippen molar-refractivity contribution in [3.63, 3.8) is 0 Å². The van der Waals surface area contributed by atoms with Gasteiger partial charge >= 0.3 is 0 Å². The van der Waals surface area contributed by atoms with Crippen molar-refractivity contribution < 1.29 is 14.3 Å². The fourth-order valence-corrected chi connectivity index (χ4v) is 2.12. The average molecular weight is 252 g/mol. The van der Waals surface area contributed by atoms with Crippen LogP contribution in [0, 0.1) is 11.7 Å². The number of carbonyl (C=O) groups excluding carboxylic acids is 1. The standard InChI is InChI=1S/C13H17FN2O2/c1-8-4-5-15-7-11(8)16-13(18)10-6-9(14)2-3-12(10)17/h2-3,6,8,11,15,17H,4-5,7H2,1H3,(H,16,18). The number of phenols is 1. The topological polar surface area (TPSA) is 61.4 Å². The number of aromatic hydroxyl groups is 1. The lowest BCUT2D eigenvalue weighted by atomic mass is 9.94. The summed E-state index contributed by atoms with van der Waals surface area (Å²) in [7, 11) is 0. The molecule has 1 aromatic carbocycles. The summed E-state index contributed by atoms with van der Waals surface area (Å²) in [5, 5.41) is 15.6. The number of hydrogen-bond donors (Lipinski definition) is 3. The minimum atomic E-state index is -0.534. The van der Waals surface area contributed by atoms with Gasteiger partial charge in [0.15, 0.2) is 0 Å². The highest BCUT2D eigenvalue weighted by molar-refractivity contribution is 5.97. The Bertz CT molecular complexity index is 451. The van der Waals surface area contributed by atoms with Crippen LogP contribution in [0.2, 0.25) is 0 Å². The van der Waals surface area contributed by atoms with Gasteiger partial charge in [-0.05, 0) is 37.1 Å². The van der Waals surface area contributed by atoms with Crippen molar-refractivity contribution in [2.75, 3.05) is 13.1 Å². The third kappa shape index (κ3) is 2.79. The number of rotatable bonds is 2. The largest absolute Gasteiger partial charge is 0.507 e. The Morgan fingerprint density at radius 1 is 1.56 bits per heavy atom. The van der Waals surface area contributed by atoms with Crippen molar-refractivity contribution in [1.29, 1.82) is 0 Å². The summed E-state index contributed by atoms with van der Waals surface area (Å²) >= 11 is 0. The Morgan fingerprint density at radius 2 is 2.33 bits per heavy atom. The van der Waals surface area contributed by atoms with E-state index in [2.05, 4.69) is 17.6 Å². The van der Waals surface area contributed by atoms with E-state index in [9.17, 15) is 14.3 Å². The lowest BCUT2D eigenvalue weighted by molar-refractivity contribution is 0.0912. The van der Waals surface area contributed by atoms with Gasteiger partial charge in [-0.3, -0.25) is 4.79 Å². The molecule has 1 saturated heterocycles. The van der Waals surface area contributed by atoms with Gasteiger partial charge < -0.3 is 15.7 Å². The number of halogens is 1. The van der Waals surface area contributed by atoms with Gasteiger partial charge in [0.05, 0.1) is 5.56 Å². The van der Waals surface area contributed by atoms with E-state index in [1.807, 2.05) is 0 Å². The van der Waals surface area contributed by atoms with Crippen molar-refractivity contribution in [3.05, 3.63) is 29.6 Å². The van der Waals surface area contributed by atoms with Crippen LogP contribution >= 0.6 is 0 Å². The summed E-state index contributed by atoms with van der Waals surface area (Å²) in [6.07, 6.45) is 0.986. The number of hydrogen-bond acceptors (Lipinski definition) is 3. The zero-order chi connectivity index (χ0) is 13.1. The Balaban J connectivity index is 2.09. The smallest absolute Gasteiger partial charge is 0.255 e. The van der Waals surface area contributed by atoms with E-state index in [0.29, 0.717) is 12.5 Å². The molecule has 0 radical (unpaired) electrons. The van der Waals surface area contributed by atoms with Gasteiger partial charge in [-0.15, -0.1) is 0 Å². The first kappa shape index (κ1) is 12.8. The SMILES string of the molecule is CC1CCNCC1NC(=O)c1cc(F)ccc1O. The minimum absolute atomic E-state index is 0.00826. The summed E-state index contributed by atoms with van der Waals surface area (Å²) in [6, 6.07) is 3.36. The fraction of sp³-hybridized carbons (Fsp3) is 0.462. The molecule has 2 unspecified atom stereocenters. The van der Waals surface area contributed by atoms with Gasteiger partial charge in [0.25, 0.3) is 5.91 Å². The summed E-state index contributed by atoms with van der Waals surface area (Å²) in [6.45, 7) is 3.71. The van der Waals surface area contributed by atoms with Crippen LogP contribution in [-0.4, -0.2) is 30.1 Å². The molecule has 0 saturated carbocycles. The van der Waals surface area contributed by atoms with Crippen LogP contribution in [-0.2, 0) is 0 Å². The molecule has 0 aromatic heterocycles. The van der Waals surface area contributed by atoms with Crippen molar-refractivity contribution in [3.8, 4) is 5.75 Å². The van der Waals surface area contributed by atoms with Crippen molar-refractivity contribution in [2.45, 2.75) is 19.4 Å². The predicted molar refractivity (Wildman–Crippen MR) is 66.0 cm³/mol. The van der Waals surface area contributed by atoms with E-state index >= 15 is 0 Å². The van der Waals surface area contributed by atoms with Crippen LogP contribution in [0.15, 0.2) is 18.2 Å². The average Bonchev–Trinajstić information content (AvgIpc) is 2.35. The first-order chi connectivity index (χ1) is 8.58. The molecule has 1 heterocycles. The highest BCUT2D eigenvalue weighted by atomic mass is 19.1. The molecule has 1 aliphatic heterocycles. The summed E-state index contributed by atoms with van der Waals surface area (Å²) in [5.41, 5.74) is -0.0206. The number of nitrogens with one attached hydrogen (secondary N) is 2. The number of phenolic OH excluding ortho intramolecular Hbond substituents is 1. The zero-order valence-electron chi connectivity index (χ0n) is 10.2. The molecule has 0 bridgehead atoms. The normalized spacial score (nSPS) is 23.7. The number of piperidine rings is 1. The Hall–Kier alpha value is -1.62. The molecule has 3 N–H and O–H groups in total. The summed E-state index contributed by atoms with van der Waals surface area (Å²) in [4.78, 5) is 12.0. The summed E-state index contributed by atoms with van der Waals surface area (Å²) < 4.78 is 13.1. The van der Waals surface area contributed by atoms with Gasteiger partial charge in [-0.1, -0.05) is 6.92 Å². The second-order valence-corrected chi connectivity index (χ2v) is 4.71. The maximum Gasteiger partial charge on any atom is 0.255 e. The van der Waals surface area contributed by atoms with Gasteiger partial charge in [0.1, 0.15) is 11.6 Å². The van der Waals surface area contributed by atoms with Gasteiger partial charge in [0.2, 0.25) is 0 Å². The molecule has 18 heavy (non-hydrogen) atoms. The van der Waals surface area contributed by atoms with E-state index in [1.54, 1.807) is 0 Å². The molecule has 1 aromatic rings. The van der Waals surface area contributed by atoms with Gasteiger partial charge in [-0.25, -0.2) is 4.39 Å². The van der Waals surface area contributed by atoms with Crippen LogP contribution in [0.25, 0.3) is 0 Å². The third-order valence-corrected chi connectivity index (χ3v) is 3.35. The predicted octanol–water partition coefficient (Wildman–Crippen LogP) is 1.26. The molecule has 4 nitrogen and oxygen atoms in total. The molecular weight excluding hydrogens is 235 g/mol. The van der Waals surface area contributed by atoms with Crippen LogP contribution < -0.4 is 10.6 Å². The molecule has 1 amide bonds. The van der Waals surface area contributed by atoms with E-state index in [4.69, 9.17) is 0 Å². The molecule has 5 heteroatoms. The van der Waals surface area contributed by atoms with Crippen molar-refractivity contribution in [1.82, 2.24) is 10.6 Å². The van der Waals surface area contributed by atoms with Crippen LogP contribution in [0.5, 0.6) is 5.75 Å². The molecule has 2 rings (SSSR count). The molecular formula is C13H17FN2O2. The molecule has 1 fully saturated rings. The lowest BCUT2D eigenvalue weighted by Crippen LogP contribution is -2.50. The third-order valence-electron chi connectivity index (χ3n) is 3.35. The van der Waals surface area contributed by atoms with Gasteiger partial charge in [-0.2, -0.15) is 0 Å². The molecule has 98 valence electrons. The first-order valence-corrected chi connectivity index (χ1v) is 6.08. The van der Waals surface area contributed by atoms with E-state index in [-0.39, 0.29) is 17.4 Å². The zero-order valence-corrected chi connectivity index (χ0v) is 10.2. The Labute approximate surface area is 105 Å². The molecule has 1 aliphatic rings. The Kier molecular flexibility index (Phi) is 3.81. The maximum atomic E-state index is 13.1. The van der Waals surface area contributed by atoms with E-state index in [0.717, 1.165) is 25.1 Å². The molecule has 2 atom stereocenters. The van der Waals surface area contributed by atoms with Crippen LogP contribution in [0.4, 0.5) is 4.39 Å². The lowest BCUT2D eigenvalue weighted by Gasteiger charge is -2.30. The number of amides is 1.